The highest BCUT2D eigenvalue weighted by Gasteiger charge is 2.20. The third-order valence-corrected chi connectivity index (χ3v) is 4.19. The number of thiazole rings is 1. The lowest BCUT2D eigenvalue weighted by atomic mass is 10.2. The molecule has 0 spiro atoms. The average molecular weight is 254 g/mol. The molecule has 94 valence electrons. The summed E-state index contributed by atoms with van der Waals surface area (Å²) in [5.74, 6) is 0.0673. The Hall–Kier alpha value is -1.14. The molecule has 1 aromatic rings. The van der Waals surface area contributed by atoms with Crippen molar-refractivity contribution in [2.24, 2.45) is 5.73 Å². The lowest BCUT2D eigenvalue weighted by molar-refractivity contribution is -0.119. The van der Waals surface area contributed by atoms with E-state index in [4.69, 9.17) is 5.73 Å². The Morgan fingerprint density at radius 3 is 3.00 bits per heavy atom. The van der Waals surface area contributed by atoms with Crippen molar-refractivity contribution in [2.45, 2.75) is 26.3 Å². The van der Waals surface area contributed by atoms with E-state index in [1.54, 1.807) is 11.3 Å². The molecule has 0 bridgehead atoms. The van der Waals surface area contributed by atoms with Gasteiger partial charge in [-0.2, -0.15) is 0 Å². The molecule has 2 rings (SSSR count). The molecule has 1 aromatic heterocycles. The minimum atomic E-state index is 0.00190. The van der Waals surface area contributed by atoms with Gasteiger partial charge < -0.3 is 16.0 Å². The maximum absolute atomic E-state index is 11.5. The van der Waals surface area contributed by atoms with Crippen molar-refractivity contribution in [1.82, 2.24) is 10.3 Å². The maximum atomic E-state index is 11.5. The Morgan fingerprint density at radius 2 is 2.35 bits per heavy atom. The molecule has 6 heteroatoms. The molecule has 1 aliphatic rings. The first-order valence-corrected chi connectivity index (χ1v) is 6.64. The molecule has 5 nitrogen and oxygen atoms in total. The fourth-order valence-corrected chi connectivity index (χ4v) is 2.96. The number of carbonyl (C=O) groups excluding carboxylic acids is 1. The van der Waals surface area contributed by atoms with E-state index in [0.717, 1.165) is 35.2 Å². The van der Waals surface area contributed by atoms with Gasteiger partial charge in [0.2, 0.25) is 5.91 Å². The topological polar surface area (TPSA) is 71.2 Å². The van der Waals surface area contributed by atoms with Crippen LogP contribution in [-0.2, 0) is 4.79 Å². The summed E-state index contributed by atoms with van der Waals surface area (Å²) in [6.07, 6.45) is 0.956. The van der Waals surface area contributed by atoms with Crippen LogP contribution >= 0.6 is 11.3 Å². The van der Waals surface area contributed by atoms with Gasteiger partial charge in [0.15, 0.2) is 5.13 Å². The normalized spacial score (nSPS) is 18.8. The summed E-state index contributed by atoms with van der Waals surface area (Å²) in [4.78, 5) is 19.1. The number of carbonyl (C=O) groups is 1. The summed E-state index contributed by atoms with van der Waals surface area (Å²) in [5, 5.41) is 3.77. The number of nitrogens with two attached hydrogens (primary N) is 1. The van der Waals surface area contributed by atoms with E-state index in [1.165, 1.54) is 0 Å². The van der Waals surface area contributed by atoms with Crippen LogP contribution < -0.4 is 16.0 Å². The van der Waals surface area contributed by atoms with Gasteiger partial charge in [-0.25, -0.2) is 4.98 Å². The predicted molar refractivity (Wildman–Crippen MR) is 69.3 cm³/mol. The third kappa shape index (κ3) is 2.76. The third-order valence-electron chi connectivity index (χ3n) is 2.77. The monoisotopic (exact) mass is 254 g/mol. The van der Waals surface area contributed by atoms with Crippen LogP contribution in [0, 0.1) is 6.92 Å². The lowest BCUT2D eigenvalue weighted by Gasteiger charge is -2.17. The molecule has 0 aromatic carbocycles. The molecule has 0 aliphatic carbocycles. The van der Waals surface area contributed by atoms with Crippen LogP contribution in [0.15, 0.2) is 0 Å². The standard InChI is InChI=1S/C11H18N4OS/c1-7(12)10-8(2)14-11(17-10)15-5-3-4-13-9(16)6-15/h7H,3-6,12H2,1-2H3,(H,13,16). The molecule has 1 fully saturated rings. The molecular weight excluding hydrogens is 236 g/mol. The van der Waals surface area contributed by atoms with Crippen molar-refractivity contribution in [3.8, 4) is 0 Å². The van der Waals surface area contributed by atoms with Gasteiger partial charge in [0.25, 0.3) is 0 Å². The average Bonchev–Trinajstić information content (AvgIpc) is 2.51. The van der Waals surface area contributed by atoms with Crippen molar-refractivity contribution in [3.05, 3.63) is 10.6 Å². The van der Waals surface area contributed by atoms with Gasteiger partial charge in [-0.15, -0.1) is 11.3 Å². The second kappa shape index (κ2) is 5.01. The number of hydrogen-bond donors (Lipinski definition) is 2. The van der Waals surface area contributed by atoms with Crippen LogP contribution in [0.4, 0.5) is 5.13 Å². The molecule has 0 radical (unpaired) electrons. The van der Waals surface area contributed by atoms with Gasteiger partial charge in [-0.1, -0.05) is 0 Å². The lowest BCUT2D eigenvalue weighted by Crippen LogP contribution is -2.32. The number of hydrogen-bond acceptors (Lipinski definition) is 5. The molecular formula is C11H18N4OS. The van der Waals surface area contributed by atoms with Crippen LogP contribution in [0.3, 0.4) is 0 Å². The molecule has 1 aliphatic heterocycles. The van der Waals surface area contributed by atoms with Gasteiger partial charge in [0.05, 0.1) is 12.2 Å². The van der Waals surface area contributed by atoms with Gasteiger partial charge in [0, 0.05) is 24.0 Å². The number of nitrogens with zero attached hydrogens (tertiary/aromatic N) is 2. The smallest absolute Gasteiger partial charge is 0.239 e. The Balaban J connectivity index is 2.20. The minimum Gasteiger partial charge on any atom is -0.354 e. The highest BCUT2D eigenvalue weighted by Crippen LogP contribution is 2.29. The van der Waals surface area contributed by atoms with Crippen LogP contribution in [0.1, 0.15) is 30.0 Å². The van der Waals surface area contributed by atoms with Crippen molar-refractivity contribution < 1.29 is 4.79 Å². The molecule has 2 heterocycles. The first kappa shape index (κ1) is 12.3. The SMILES string of the molecule is Cc1nc(N2CCCNC(=O)C2)sc1C(C)N. The zero-order valence-corrected chi connectivity index (χ0v) is 11.0. The summed E-state index contributed by atoms with van der Waals surface area (Å²) >= 11 is 1.60. The van der Waals surface area contributed by atoms with Crippen molar-refractivity contribution in [2.75, 3.05) is 24.5 Å². The van der Waals surface area contributed by atoms with Crippen molar-refractivity contribution >= 4 is 22.4 Å². The molecule has 17 heavy (non-hydrogen) atoms. The highest BCUT2D eigenvalue weighted by atomic mass is 32.1. The Labute approximate surface area is 105 Å². The second-order valence-corrected chi connectivity index (χ2v) is 5.37. The Bertz CT molecular complexity index is 416. The molecule has 1 unspecified atom stereocenters. The first-order valence-electron chi connectivity index (χ1n) is 5.82. The fraction of sp³-hybridized carbons (Fsp3) is 0.636. The van der Waals surface area contributed by atoms with Crippen LogP contribution in [0.2, 0.25) is 0 Å². The highest BCUT2D eigenvalue weighted by molar-refractivity contribution is 7.15. The quantitative estimate of drug-likeness (QED) is 0.819. The summed E-state index contributed by atoms with van der Waals surface area (Å²) in [6, 6.07) is 0.00190. The van der Waals surface area contributed by atoms with E-state index in [9.17, 15) is 4.79 Å². The fourth-order valence-electron chi connectivity index (χ4n) is 1.92. The summed E-state index contributed by atoms with van der Waals surface area (Å²) in [5.41, 5.74) is 6.86. The summed E-state index contributed by atoms with van der Waals surface area (Å²) in [7, 11) is 0. The first-order chi connectivity index (χ1) is 8.08. The predicted octanol–water partition coefficient (Wildman–Crippen LogP) is 0.798. The van der Waals surface area contributed by atoms with Gasteiger partial charge in [0.1, 0.15) is 0 Å². The molecule has 1 atom stereocenters. The zero-order valence-electron chi connectivity index (χ0n) is 10.2. The van der Waals surface area contributed by atoms with Gasteiger partial charge in [-0.05, 0) is 20.3 Å². The maximum Gasteiger partial charge on any atom is 0.239 e. The number of nitrogens with one attached hydrogen (secondary N) is 1. The molecule has 0 saturated carbocycles. The van der Waals surface area contributed by atoms with E-state index in [0.29, 0.717) is 6.54 Å². The van der Waals surface area contributed by atoms with E-state index < -0.39 is 0 Å². The zero-order chi connectivity index (χ0) is 12.4. The van der Waals surface area contributed by atoms with E-state index in [-0.39, 0.29) is 11.9 Å². The summed E-state index contributed by atoms with van der Waals surface area (Å²) < 4.78 is 0. The van der Waals surface area contributed by atoms with Crippen LogP contribution in [0.5, 0.6) is 0 Å². The molecule has 1 saturated heterocycles. The summed E-state index contributed by atoms with van der Waals surface area (Å²) in [6.45, 7) is 5.94. The largest absolute Gasteiger partial charge is 0.354 e. The van der Waals surface area contributed by atoms with E-state index in [2.05, 4.69) is 10.3 Å². The van der Waals surface area contributed by atoms with Gasteiger partial charge in [-0.3, -0.25) is 4.79 Å². The van der Waals surface area contributed by atoms with E-state index in [1.807, 2.05) is 18.7 Å². The minimum absolute atomic E-state index is 0.00190. The van der Waals surface area contributed by atoms with Crippen molar-refractivity contribution in [3.63, 3.8) is 0 Å². The van der Waals surface area contributed by atoms with Crippen LogP contribution in [-0.4, -0.2) is 30.5 Å². The van der Waals surface area contributed by atoms with Gasteiger partial charge >= 0.3 is 0 Å². The van der Waals surface area contributed by atoms with Crippen LogP contribution in [0.25, 0.3) is 0 Å². The van der Waals surface area contributed by atoms with Crippen molar-refractivity contribution in [1.29, 1.82) is 0 Å². The second-order valence-electron chi connectivity index (χ2n) is 4.36. The number of amides is 1. The molecule has 1 amide bonds. The number of anilines is 1. The van der Waals surface area contributed by atoms with E-state index >= 15 is 0 Å². The Morgan fingerprint density at radius 1 is 1.59 bits per heavy atom. The number of aromatic nitrogens is 1. The number of aryl methyl sites for hydroxylation is 1. The number of rotatable bonds is 2. The molecule has 3 N–H and O–H groups in total. The Kier molecular flexibility index (Phi) is 3.63.